The summed E-state index contributed by atoms with van der Waals surface area (Å²) in [5.41, 5.74) is 6.41. The van der Waals surface area contributed by atoms with Gasteiger partial charge in [-0.05, 0) is 115 Å². The number of rotatable bonds is 25. The number of cyclic esters (lactones) is 1. The quantitative estimate of drug-likeness (QED) is 0.0377. The molecule has 40 nitrogen and oxygen atoms in total. The number of nitrogens with one attached hydrogen (secondary N) is 4. The Morgan fingerprint density at radius 3 is 1.14 bits per heavy atom. The second-order valence-corrected chi connectivity index (χ2v) is 37.3. The van der Waals surface area contributed by atoms with Gasteiger partial charge in [0.1, 0.15) is 42.8 Å². The molecule has 2 aromatic carbocycles. The van der Waals surface area contributed by atoms with E-state index in [-0.39, 0.29) is 127 Å². The molecule has 7 saturated heterocycles. The van der Waals surface area contributed by atoms with Gasteiger partial charge in [-0.2, -0.15) is 0 Å². The van der Waals surface area contributed by atoms with Gasteiger partial charge < -0.3 is 89.0 Å². The molecule has 9 aliphatic rings. The third-order valence-electron chi connectivity index (χ3n) is 25.5. The monoisotopic (exact) mass is 2020 g/mol. The maximum Gasteiger partial charge on any atom is 0.343 e. The van der Waals surface area contributed by atoms with E-state index < -0.39 is 11.6 Å². The van der Waals surface area contributed by atoms with Crippen molar-refractivity contribution in [2.45, 2.75) is 228 Å². The average Bonchev–Trinajstić information content (AvgIpc) is 1.55. The lowest BCUT2D eigenvalue weighted by molar-refractivity contribution is -0.172. The van der Waals surface area contributed by atoms with Gasteiger partial charge in [-0.25, -0.2) is 9.78 Å². The van der Waals surface area contributed by atoms with E-state index in [9.17, 15) is 86.6 Å². The maximum atomic E-state index is 13.3. The minimum absolute atomic E-state index is 0. The molecule has 13 rings (SSSR count). The molecule has 0 saturated carbocycles. The predicted molar refractivity (Wildman–Crippen MR) is 551 cm³/mol. The molecule has 0 aliphatic carbocycles. The van der Waals surface area contributed by atoms with Crippen LogP contribution in [0.5, 0.6) is 0 Å². The summed E-state index contributed by atoms with van der Waals surface area (Å²) >= 11 is 0. The number of nitrogens with zero attached hydrogens (tertiary/aromatic N) is 14. The number of Topliss-reactive ketones (excluding diaryl/α,β-unsaturated/α-hetero) is 3. The standard InChI is InChI=1S/C23H22N2O4.C15H21N3O2.C11H20N2O3.C11H19NO3.2C10H19N3O2.C10H18N2O3.C10H18N2O2.C3H6O.CH4/c1-4-13-14-8-12(3)6-7-18(14)24-20-15(13)10-25-19(20)9-17-16(21(25)26)11-29-22(27)23(17,28)5-2;1-12(19)16-15-5-3-14(4-6-15)11-17-7-9-18(10-8-17)13(2)20;1-9(14)12-5-8-13-6-3-11(4-7-13)16-10(2)15;1-9(13)3-6-12-7-4-11(5-8-12)15-10(2)14;2*1-9(14)11-3-4-12-5-7-13(8-6-12)10(2)15;1-9(13)12-5-3-11(4-6-12)7-8-15-10(2)14;1-9(13)3-4-11-5-7-12(8-6-11)10(2)14;1-3(2)4;/h6-9,28H,4-5,10-11H2,1-3H3;3-6H,7-11H2,1-2H3,(H,16,19);11H,3-8H2,1-2H3,(H,12,14);11H,3-8H2,1-2H3;2*3-8H2,1-2H3,(H,11,14);3-8H2,1-2H3;3-8H2,1-2H3;1-2H3;1H4/t23-;;;;;;;;;/m0........./s1. The lowest BCUT2D eigenvalue weighted by Gasteiger charge is -2.34. The van der Waals surface area contributed by atoms with Crippen LogP contribution in [0.25, 0.3) is 22.3 Å². The average molecular weight is 2020 g/mol. The summed E-state index contributed by atoms with van der Waals surface area (Å²) in [4.78, 5) is 217. The highest BCUT2D eigenvalue weighted by Crippen LogP contribution is 2.41. The third kappa shape index (κ3) is 46.3. The summed E-state index contributed by atoms with van der Waals surface area (Å²) < 4.78 is 22.0. The first-order chi connectivity index (χ1) is 67.7. The Hall–Kier alpha value is -11.4. The Bertz CT molecular complexity index is 4770. The molecular formula is C104H166N18O22. The van der Waals surface area contributed by atoms with Crippen LogP contribution >= 0.6 is 0 Å². The van der Waals surface area contributed by atoms with Gasteiger partial charge in [0.05, 0.1) is 29.0 Å². The molecule has 5 N–H and O–H groups in total. The number of carbonyl (C=O) groups is 16. The zero-order valence-corrected chi connectivity index (χ0v) is 88.4. The van der Waals surface area contributed by atoms with E-state index >= 15 is 0 Å². The number of hydrogen-bond donors (Lipinski definition) is 5. The van der Waals surface area contributed by atoms with Crippen LogP contribution in [0.15, 0.2) is 53.3 Å². The fraction of sp³-hybridized carbons (Fsp3) is 0.654. The van der Waals surface area contributed by atoms with Gasteiger partial charge in [-0.3, -0.25) is 96.4 Å². The molecule has 1 atom stereocenters. The summed E-state index contributed by atoms with van der Waals surface area (Å²) in [7, 11) is 0. The molecule has 144 heavy (non-hydrogen) atoms. The molecule has 9 aliphatic heterocycles. The van der Waals surface area contributed by atoms with Crippen LogP contribution in [-0.2, 0) is 127 Å². The zero-order chi connectivity index (χ0) is 106. The van der Waals surface area contributed by atoms with Gasteiger partial charge in [-0.1, -0.05) is 45.0 Å². The topological polar surface area (TPSA) is 452 Å². The molecule has 804 valence electrons. The number of piperidine rings is 2. The van der Waals surface area contributed by atoms with Gasteiger partial charge in [0, 0.05) is 341 Å². The minimum Gasteiger partial charge on any atom is -0.465 e. The van der Waals surface area contributed by atoms with Gasteiger partial charge >= 0.3 is 23.9 Å². The first-order valence-electron chi connectivity index (χ1n) is 50.2. The Morgan fingerprint density at radius 2 is 0.799 bits per heavy atom. The van der Waals surface area contributed by atoms with Gasteiger partial charge in [-0.15, -0.1) is 0 Å². The van der Waals surface area contributed by atoms with Crippen molar-refractivity contribution in [3.05, 3.63) is 92.3 Å². The Labute approximate surface area is 851 Å². The predicted octanol–water partition coefficient (Wildman–Crippen LogP) is 5.05. The molecule has 0 radical (unpaired) electrons. The van der Waals surface area contributed by atoms with Gasteiger partial charge in [0.25, 0.3) is 5.56 Å². The second kappa shape index (κ2) is 65.2. The highest BCUT2D eigenvalue weighted by Gasteiger charge is 2.46. The van der Waals surface area contributed by atoms with Crippen LogP contribution in [0.3, 0.4) is 0 Å². The number of aliphatic hydroxyl groups is 1. The van der Waals surface area contributed by atoms with Crippen LogP contribution in [0, 0.1) is 6.92 Å². The number of ether oxygens (including phenoxy) is 4. The molecular weight excluding hydrogens is 1850 g/mol. The summed E-state index contributed by atoms with van der Waals surface area (Å²) in [6, 6.07) is 15.8. The SMILES string of the molecule is C.CC(=O)CCN1CCC(OC(C)=O)CC1.CC(=O)CCN1CCN(C(C)=O)CC1.CC(=O)NCCN1CCC(OC(C)=O)CC1.CC(=O)NCCN1CCN(C(C)=O)CC1.CC(=O)NCCN1CCN(C(C)=O)CC1.CC(=O)Nc1ccc(CN2CCN(C(C)=O)CC2)cc1.CC(=O)OCCN1CCN(C(C)=O)CC1.CC(C)=O.CCc1c2c(nc3ccc(C)cc13)-c1cc3c(c(=O)n1C2)COC(=O)[C@]3(O)CC. The number of hydrogen-bond acceptors (Lipinski definition) is 30. The summed E-state index contributed by atoms with van der Waals surface area (Å²) in [5.74, 6) is 0.0134. The van der Waals surface area contributed by atoms with Gasteiger partial charge in [0.15, 0.2) is 5.60 Å². The molecule has 9 amide bonds. The molecule has 0 bridgehead atoms. The Kier molecular flexibility index (Phi) is 56.5. The summed E-state index contributed by atoms with van der Waals surface area (Å²) in [6.07, 6.45) is 5.92. The summed E-state index contributed by atoms with van der Waals surface area (Å²) in [6.45, 7) is 59.9. The number of carbonyl (C=O) groups excluding carboxylic acids is 16. The van der Waals surface area contributed by atoms with Crippen LogP contribution in [0.1, 0.15) is 210 Å². The molecule has 7 fully saturated rings. The maximum absolute atomic E-state index is 13.3. The van der Waals surface area contributed by atoms with Crippen molar-refractivity contribution in [2.75, 3.05) is 228 Å². The van der Waals surface area contributed by atoms with Crippen molar-refractivity contribution in [1.82, 2.24) is 84.3 Å². The molecule has 2 aromatic heterocycles. The van der Waals surface area contributed by atoms with Crippen LogP contribution in [0.2, 0.25) is 0 Å². The lowest BCUT2D eigenvalue weighted by Crippen LogP contribution is -2.49. The van der Waals surface area contributed by atoms with Crippen molar-refractivity contribution in [3.63, 3.8) is 0 Å². The van der Waals surface area contributed by atoms with Crippen molar-refractivity contribution < 1.29 is 101 Å². The van der Waals surface area contributed by atoms with Crippen LogP contribution < -0.4 is 26.8 Å². The van der Waals surface area contributed by atoms with E-state index in [0.29, 0.717) is 62.4 Å². The Balaban J connectivity index is 0.000000346. The van der Waals surface area contributed by atoms with E-state index in [2.05, 4.69) is 75.5 Å². The van der Waals surface area contributed by atoms with Crippen molar-refractivity contribution in [2.24, 2.45) is 0 Å². The number of ketones is 3. The number of amides is 9. The number of aromatic nitrogens is 2. The first-order valence-corrected chi connectivity index (χ1v) is 50.2. The number of benzene rings is 2. The number of piperazine rings is 5. The highest BCUT2D eigenvalue weighted by atomic mass is 16.6. The fourth-order valence-electron chi connectivity index (χ4n) is 17.3. The molecule has 40 heteroatoms. The van der Waals surface area contributed by atoms with E-state index in [1.165, 1.54) is 79.0 Å². The number of pyridine rings is 2. The van der Waals surface area contributed by atoms with Crippen LogP contribution in [0.4, 0.5) is 5.69 Å². The highest BCUT2D eigenvalue weighted by molar-refractivity contribution is 5.91. The largest absolute Gasteiger partial charge is 0.465 e. The Morgan fingerprint density at radius 1 is 0.438 bits per heavy atom. The number of likely N-dealkylation sites (tertiary alicyclic amines) is 2. The van der Waals surface area contributed by atoms with Crippen molar-refractivity contribution >= 4 is 111 Å². The van der Waals surface area contributed by atoms with E-state index in [0.717, 1.165) is 263 Å². The second-order valence-electron chi connectivity index (χ2n) is 37.3. The molecule has 0 unspecified atom stereocenters. The molecule has 4 aromatic rings. The van der Waals surface area contributed by atoms with E-state index in [4.69, 9.17) is 23.9 Å². The van der Waals surface area contributed by atoms with E-state index in [1.807, 2.05) is 60.9 Å². The van der Waals surface area contributed by atoms with Gasteiger partial charge in [0.2, 0.25) is 53.2 Å². The first kappa shape index (κ1) is 125. The number of anilines is 1. The zero-order valence-electron chi connectivity index (χ0n) is 88.4. The summed E-state index contributed by atoms with van der Waals surface area (Å²) in [5, 5.41) is 23.1. The molecule has 0 spiro atoms. The number of aryl methyl sites for hydroxylation is 2. The molecule has 11 heterocycles. The normalized spacial score (nSPS) is 17.6. The smallest absolute Gasteiger partial charge is 0.343 e. The number of esters is 4. The minimum atomic E-state index is -1.80. The number of fused-ring (bicyclic) bond motifs is 5. The van der Waals surface area contributed by atoms with Crippen LogP contribution in [-0.4, -0.2) is 403 Å². The van der Waals surface area contributed by atoms with Crippen molar-refractivity contribution in [1.29, 1.82) is 0 Å². The fourth-order valence-corrected chi connectivity index (χ4v) is 17.3. The lowest BCUT2D eigenvalue weighted by atomic mass is 9.86. The van der Waals surface area contributed by atoms with E-state index in [1.54, 1.807) is 66.0 Å². The third-order valence-corrected chi connectivity index (χ3v) is 25.5. The van der Waals surface area contributed by atoms with Crippen molar-refractivity contribution in [3.8, 4) is 11.4 Å².